The molecule has 0 aliphatic carbocycles. The van der Waals surface area contributed by atoms with E-state index in [-0.39, 0.29) is 0 Å². The summed E-state index contributed by atoms with van der Waals surface area (Å²) in [5.41, 5.74) is 0.806. The molecule has 0 radical (unpaired) electrons. The van der Waals surface area contributed by atoms with Gasteiger partial charge in [0.2, 0.25) is 10.0 Å². The molecule has 2 aromatic rings. The standard InChI is InChI=1S/C22H31N5O3S/c1-17-16-19(7-8-20(17)30-3)31(28,29)26-14-12-25(13-15-26)21-9-10-22(24-23-21)27-11-5-4-6-18(27)2/h7-10,16,18H,4-6,11-15H2,1-3H3. The van der Waals surface area contributed by atoms with Crippen LogP contribution in [0.5, 0.6) is 5.75 Å². The van der Waals surface area contributed by atoms with Gasteiger partial charge >= 0.3 is 0 Å². The molecule has 0 amide bonds. The number of hydrogen-bond acceptors (Lipinski definition) is 7. The summed E-state index contributed by atoms with van der Waals surface area (Å²) < 4.78 is 32.9. The van der Waals surface area contributed by atoms with Crippen molar-refractivity contribution in [2.45, 2.75) is 44.0 Å². The van der Waals surface area contributed by atoms with Gasteiger partial charge in [0.25, 0.3) is 0 Å². The fraction of sp³-hybridized carbons (Fsp3) is 0.545. The van der Waals surface area contributed by atoms with Gasteiger partial charge in [-0.15, -0.1) is 10.2 Å². The number of sulfonamides is 1. The summed E-state index contributed by atoms with van der Waals surface area (Å²) >= 11 is 0. The number of anilines is 2. The van der Waals surface area contributed by atoms with Crippen LogP contribution in [0.1, 0.15) is 31.7 Å². The minimum atomic E-state index is -3.53. The molecule has 1 aromatic carbocycles. The molecule has 0 saturated carbocycles. The summed E-state index contributed by atoms with van der Waals surface area (Å²) in [5, 5.41) is 8.90. The lowest BCUT2D eigenvalue weighted by Crippen LogP contribution is -2.49. The molecule has 1 unspecified atom stereocenters. The van der Waals surface area contributed by atoms with Crippen molar-refractivity contribution < 1.29 is 13.2 Å². The molecule has 3 heterocycles. The maximum Gasteiger partial charge on any atom is 0.243 e. The molecule has 2 aliphatic heterocycles. The van der Waals surface area contributed by atoms with Crippen LogP contribution < -0.4 is 14.5 Å². The fourth-order valence-corrected chi connectivity index (χ4v) is 5.90. The van der Waals surface area contributed by atoms with Gasteiger partial charge < -0.3 is 14.5 Å². The van der Waals surface area contributed by atoms with Crippen molar-refractivity contribution in [3.05, 3.63) is 35.9 Å². The second kappa shape index (κ2) is 9.00. The van der Waals surface area contributed by atoms with Crippen LogP contribution in [-0.2, 0) is 10.0 Å². The highest BCUT2D eigenvalue weighted by Crippen LogP contribution is 2.26. The fourth-order valence-electron chi connectivity index (χ4n) is 4.40. The van der Waals surface area contributed by atoms with Gasteiger partial charge in [-0.2, -0.15) is 4.31 Å². The summed E-state index contributed by atoms with van der Waals surface area (Å²) in [6.07, 6.45) is 3.65. The Morgan fingerprint density at radius 2 is 1.68 bits per heavy atom. The first-order valence-corrected chi connectivity index (χ1v) is 12.3. The number of benzene rings is 1. The van der Waals surface area contributed by atoms with E-state index in [9.17, 15) is 8.42 Å². The topological polar surface area (TPSA) is 78.9 Å². The molecule has 8 nitrogen and oxygen atoms in total. The molecule has 2 fully saturated rings. The Hall–Kier alpha value is -2.39. The largest absolute Gasteiger partial charge is 0.496 e. The highest BCUT2D eigenvalue weighted by molar-refractivity contribution is 7.89. The van der Waals surface area contributed by atoms with Crippen molar-refractivity contribution in [3.63, 3.8) is 0 Å². The Morgan fingerprint density at radius 1 is 0.968 bits per heavy atom. The van der Waals surface area contributed by atoms with Crippen LogP contribution >= 0.6 is 0 Å². The average molecular weight is 446 g/mol. The highest BCUT2D eigenvalue weighted by Gasteiger charge is 2.29. The first-order chi connectivity index (χ1) is 14.9. The zero-order valence-corrected chi connectivity index (χ0v) is 19.3. The molecular formula is C22H31N5O3S. The second-order valence-corrected chi connectivity index (χ2v) is 10.2. The predicted octanol–water partition coefficient (Wildman–Crippen LogP) is 2.68. The van der Waals surface area contributed by atoms with Gasteiger partial charge in [0.1, 0.15) is 5.75 Å². The monoisotopic (exact) mass is 445 g/mol. The van der Waals surface area contributed by atoms with E-state index >= 15 is 0 Å². The number of aryl methyl sites for hydroxylation is 1. The second-order valence-electron chi connectivity index (χ2n) is 8.31. The zero-order chi connectivity index (χ0) is 22.0. The molecule has 1 aromatic heterocycles. The van der Waals surface area contributed by atoms with Crippen LogP contribution in [0, 0.1) is 6.92 Å². The lowest BCUT2D eigenvalue weighted by atomic mass is 10.0. The molecule has 31 heavy (non-hydrogen) atoms. The van der Waals surface area contributed by atoms with Gasteiger partial charge in [-0.1, -0.05) is 0 Å². The van der Waals surface area contributed by atoms with E-state index in [4.69, 9.17) is 4.74 Å². The van der Waals surface area contributed by atoms with Crippen molar-refractivity contribution >= 4 is 21.7 Å². The Kier molecular flexibility index (Phi) is 6.34. The van der Waals surface area contributed by atoms with Gasteiger partial charge in [0.05, 0.1) is 12.0 Å². The Labute approximate surface area is 184 Å². The third-order valence-corrected chi connectivity index (χ3v) is 8.19. The summed E-state index contributed by atoms with van der Waals surface area (Å²) in [5.74, 6) is 2.41. The maximum atomic E-state index is 13.1. The highest BCUT2D eigenvalue weighted by atomic mass is 32.2. The van der Waals surface area contributed by atoms with Crippen molar-refractivity contribution in [1.82, 2.24) is 14.5 Å². The van der Waals surface area contributed by atoms with Gasteiger partial charge in [0, 0.05) is 38.8 Å². The molecule has 4 rings (SSSR count). The van der Waals surface area contributed by atoms with Crippen LogP contribution in [0.4, 0.5) is 11.6 Å². The summed E-state index contributed by atoms with van der Waals surface area (Å²) in [7, 11) is -1.95. The summed E-state index contributed by atoms with van der Waals surface area (Å²) in [6, 6.07) is 9.52. The molecule has 1 atom stereocenters. The van der Waals surface area contributed by atoms with E-state index in [1.807, 2.05) is 19.1 Å². The number of rotatable bonds is 5. The average Bonchev–Trinajstić information content (AvgIpc) is 2.79. The van der Waals surface area contributed by atoms with Crippen LogP contribution in [0.25, 0.3) is 0 Å². The Bertz CT molecular complexity index is 1000. The normalized spacial score (nSPS) is 20.7. The molecule has 168 valence electrons. The van der Waals surface area contributed by atoms with E-state index in [2.05, 4.69) is 26.9 Å². The van der Waals surface area contributed by atoms with Crippen molar-refractivity contribution in [3.8, 4) is 5.75 Å². The summed E-state index contributed by atoms with van der Waals surface area (Å²) in [6.45, 7) is 7.11. The molecule has 2 aliphatic rings. The van der Waals surface area contributed by atoms with Crippen molar-refractivity contribution in [2.24, 2.45) is 0 Å². The van der Waals surface area contributed by atoms with E-state index < -0.39 is 10.0 Å². The first kappa shape index (κ1) is 21.8. The lowest BCUT2D eigenvalue weighted by molar-refractivity contribution is 0.383. The number of methoxy groups -OCH3 is 1. The maximum absolute atomic E-state index is 13.1. The third kappa shape index (κ3) is 4.48. The predicted molar refractivity (Wildman–Crippen MR) is 121 cm³/mol. The summed E-state index contributed by atoms with van der Waals surface area (Å²) in [4.78, 5) is 4.72. The third-order valence-electron chi connectivity index (χ3n) is 6.30. The Morgan fingerprint density at radius 3 is 2.29 bits per heavy atom. The van der Waals surface area contributed by atoms with E-state index in [0.717, 1.165) is 23.7 Å². The van der Waals surface area contributed by atoms with Crippen LogP contribution in [-0.4, -0.2) is 68.8 Å². The molecule has 0 N–H and O–H groups in total. The molecule has 2 saturated heterocycles. The zero-order valence-electron chi connectivity index (χ0n) is 18.5. The van der Waals surface area contributed by atoms with Crippen LogP contribution in [0.15, 0.2) is 35.2 Å². The SMILES string of the molecule is COc1ccc(S(=O)(=O)N2CCN(c3ccc(N4CCCCC4C)nn3)CC2)cc1C. The molecule has 0 bridgehead atoms. The van der Waals surface area contributed by atoms with E-state index in [1.165, 1.54) is 19.3 Å². The van der Waals surface area contributed by atoms with Crippen LogP contribution in [0.2, 0.25) is 0 Å². The lowest BCUT2D eigenvalue weighted by Gasteiger charge is -2.35. The quantitative estimate of drug-likeness (QED) is 0.700. The minimum Gasteiger partial charge on any atom is -0.496 e. The number of aromatic nitrogens is 2. The molecular weight excluding hydrogens is 414 g/mol. The van der Waals surface area contributed by atoms with Crippen molar-refractivity contribution in [1.29, 1.82) is 0 Å². The minimum absolute atomic E-state index is 0.305. The number of nitrogens with zero attached hydrogens (tertiary/aromatic N) is 5. The van der Waals surface area contributed by atoms with Gasteiger partial charge in [-0.3, -0.25) is 0 Å². The molecule has 9 heteroatoms. The number of piperazine rings is 1. The van der Waals surface area contributed by atoms with Gasteiger partial charge in [-0.25, -0.2) is 8.42 Å². The number of ether oxygens (including phenoxy) is 1. The first-order valence-electron chi connectivity index (χ1n) is 10.9. The Balaban J connectivity index is 1.40. The smallest absolute Gasteiger partial charge is 0.243 e. The van der Waals surface area contributed by atoms with Gasteiger partial charge in [0.15, 0.2) is 11.6 Å². The van der Waals surface area contributed by atoms with Gasteiger partial charge in [-0.05, 0) is 69.0 Å². The van der Waals surface area contributed by atoms with E-state index in [0.29, 0.717) is 42.9 Å². The number of piperidine rings is 1. The van der Waals surface area contributed by atoms with Crippen LogP contribution in [0.3, 0.4) is 0 Å². The number of hydrogen-bond donors (Lipinski definition) is 0. The molecule has 0 spiro atoms. The van der Waals surface area contributed by atoms with E-state index in [1.54, 1.807) is 29.6 Å². The van der Waals surface area contributed by atoms with Crippen molar-refractivity contribution in [2.75, 3.05) is 49.6 Å².